The highest BCUT2D eigenvalue weighted by atomic mass is 16.5. The average Bonchev–Trinajstić information content (AvgIpc) is 2.15. The fourth-order valence-electron chi connectivity index (χ4n) is 1.70. The molecule has 78 valence electrons. The van der Waals surface area contributed by atoms with Gasteiger partial charge in [-0.15, -0.1) is 0 Å². The molecule has 6 heteroatoms. The lowest BCUT2D eigenvalue weighted by Crippen LogP contribution is -2.50. The maximum absolute atomic E-state index is 5.58. The molecule has 6 radical (unpaired) electrons. The van der Waals surface area contributed by atoms with Gasteiger partial charge in [-0.25, -0.2) is 0 Å². The highest BCUT2D eigenvalue weighted by molar-refractivity contribution is 6.58. The van der Waals surface area contributed by atoms with Crippen molar-refractivity contribution in [3.8, 4) is 0 Å². The fourth-order valence-corrected chi connectivity index (χ4v) is 1.70. The van der Waals surface area contributed by atoms with Crippen molar-refractivity contribution in [1.29, 1.82) is 0 Å². The second-order valence-electron chi connectivity index (χ2n) is 3.98. The summed E-state index contributed by atoms with van der Waals surface area (Å²) in [6.07, 6.45) is -0.229. The van der Waals surface area contributed by atoms with Crippen molar-refractivity contribution < 1.29 is 9.47 Å². The number of likely N-dealkylation sites (N-methyl/N-ethyl adjacent to an activating group) is 1. The second kappa shape index (κ2) is 5.42. The molecule has 0 aromatic carbocycles. The molecule has 0 amide bonds. The van der Waals surface area contributed by atoms with E-state index < -0.39 is 5.30 Å². The van der Waals surface area contributed by atoms with Gasteiger partial charge in [-0.2, -0.15) is 0 Å². The fraction of sp³-hybridized carbons (Fsp3) is 1.00. The Kier molecular flexibility index (Phi) is 4.75. The molecule has 1 aliphatic rings. The molecule has 0 spiro atoms. The number of rotatable bonds is 4. The Morgan fingerprint density at radius 1 is 1.53 bits per heavy atom. The number of hydrogen-bond acceptors (Lipinski definition) is 3. The van der Waals surface area contributed by atoms with E-state index in [-0.39, 0.29) is 12.2 Å². The van der Waals surface area contributed by atoms with Gasteiger partial charge in [0.25, 0.3) is 0 Å². The topological polar surface area (TPSA) is 21.7 Å². The van der Waals surface area contributed by atoms with Crippen LogP contribution in [0.4, 0.5) is 0 Å². The van der Waals surface area contributed by atoms with E-state index in [1.807, 2.05) is 6.92 Å². The van der Waals surface area contributed by atoms with Crippen molar-refractivity contribution in [2.45, 2.75) is 31.4 Å². The zero-order chi connectivity index (χ0) is 11.5. The van der Waals surface area contributed by atoms with Crippen LogP contribution in [-0.4, -0.2) is 72.2 Å². The first-order chi connectivity index (χ1) is 6.92. The van der Waals surface area contributed by atoms with Gasteiger partial charge in [-0.1, -0.05) is 6.92 Å². The van der Waals surface area contributed by atoms with E-state index in [1.165, 1.54) is 0 Å². The number of hydrogen-bond donors (Lipinski definition) is 0. The van der Waals surface area contributed by atoms with Gasteiger partial charge < -0.3 is 9.47 Å². The molecule has 1 fully saturated rings. The van der Waals surface area contributed by atoms with Crippen LogP contribution in [0.5, 0.6) is 0 Å². The smallest absolute Gasteiger partial charge is 0.0960 e. The minimum atomic E-state index is -1.59. The van der Waals surface area contributed by atoms with E-state index in [0.29, 0.717) is 6.61 Å². The molecule has 1 heterocycles. The summed E-state index contributed by atoms with van der Waals surface area (Å²) >= 11 is 0. The second-order valence-corrected chi connectivity index (χ2v) is 3.98. The molecule has 1 rings (SSSR count). The molecule has 2 unspecified atom stereocenters. The molecular weight excluding hydrogens is 187 g/mol. The third-order valence-corrected chi connectivity index (χ3v) is 2.54. The van der Waals surface area contributed by atoms with E-state index in [9.17, 15) is 0 Å². The zero-order valence-corrected chi connectivity index (χ0v) is 9.48. The first-order valence-electron chi connectivity index (χ1n) is 5.30. The molecule has 0 saturated carbocycles. The van der Waals surface area contributed by atoms with Gasteiger partial charge in [-0.05, 0) is 18.8 Å². The Hall–Kier alpha value is 0.0748. The maximum atomic E-state index is 5.58. The standard InChI is InChI=1S/C9H16B3NO2/c1-3-13-4-5-14-8(6-13)7(2)15-9(10,11)12/h7-8H,3-6H2,1-2H3. The third kappa shape index (κ3) is 4.62. The van der Waals surface area contributed by atoms with Crippen molar-refractivity contribution in [2.24, 2.45) is 0 Å². The normalized spacial score (nSPS) is 26.4. The lowest BCUT2D eigenvalue weighted by atomic mass is 9.52. The Morgan fingerprint density at radius 2 is 2.20 bits per heavy atom. The number of ether oxygens (including phenoxy) is 2. The molecule has 1 saturated heterocycles. The van der Waals surface area contributed by atoms with Crippen LogP contribution in [0.15, 0.2) is 0 Å². The van der Waals surface area contributed by atoms with E-state index in [2.05, 4.69) is 11.8 Å². The summed E-state index contributed by atoms with van der Waals surface area (Å²) in [4.78, 5) is 2.29. The van der Waals surface area contributed by atoms with Crippen LogP contribution in [0.2, 0.25) is 0 Å². The molecule has 2 atom stereocenters. The van der Waals surface area contributed by atoms with Gasteiger partial charge in [0, 0.05) is 13.1 Å². The van der Waals surface area contributed by atoms with Gasteiger partial charge >= 0.3 is 0 Å². The highest BCUT2D eigenvalue weighted by Crippen LogP contribution is 2.13. The van der Waals surface area contributed by atoms with E-state index in [1.54, 1.807) is 0 Å². The van der Waals surface area contributed by atoms with Crippen molar-refractivity contribution in [3.05, 3.63) is 0 Å². The number of nitrogens with zero attached hydrogens (tertiary/aromatic N) is 1. The number of morpholine rings is 1. The Bertz CT molecular complexity index is 198. The molecule has 0 bridgehead atoms. The summed E-state index contributed by atoms with van der Waals surface area (Å²) in [5.74, 6) is 0. The Balaban J connectivity index is 2.41. The quantitative estimate of drug-likeness (QED) is 0.559. The predicted octanol–water partition coefficient (Wildman–Crippen LogP) is -0.771. The van der Waals surface area contributed by atoms with Gasteiger partial charge in [0.1, 0.15) is 0 Å². The summed E-state index contributed by atoms with van der Waals surface area (Å²) < 4.78 is 10.8. The van der Waals surface area contributed by atoms with Crippen molar-refractivity contribution in [2.75, 3.05) is 26.2 Å². The van der Waals surface area contributed by atoms with Crippen LogP contribution < -0.4 is 0 Å². The SMILES string of the molecule is [B]C([B])([B])OC(C)C1CN(CC)CCO1. The molecule has 0 aromatic rings. The highest BCUT2D eigenvalue weighted by Gasteiger charge is 2.27. The summed E-state index contributed by atoms with van der Waals surface area (Å²) in [7, 11) is 16.1. The van der Waals surface area contributed by atoms with E-state index in [0.717, 1.165) is 19.6 Å². The van der Waals surface area contributed by atoms with E-state index >= 15 is 0 Å². The average molecular weight is 203 g/mol. The van der Waals surface area contributed by atoms with Crippen molar-refractivity contribution >= 4 is 23.5 Å². The summed E-state index contributed by atoms with van der Waals surface area (Å²) in [5.41, 5.74) is 0. The van der Waals surface area contributed by atoms with Crippen LogP contribution in [0.1, 0.15) is 13.8 Å². The third-order valence-electron chi connectivity index (χ3n) is 2.54. The summed E-state index contributed by atoms with van der Waals surface area (Å²) in [6, 6.07) is 0. The summed E-state index contributed by atoms with van der Waals surface area (Å²) in [6.45, 7) is 7.48. The van der Waals surface area contributed by atoms with E-state index in [4.69, 9.17) is 33.0 Å². The van der Waals surface area contributed by atoms with Gasteiger partial charge in [0.05, 0.1) is 42.4 Å². The minimum Gasteiger partial charge on any atom is -0.397 e. The van der Waals surface area contributed by atoms with Crippen LogP contribution in [-0.2, 0) is 9.47 Å². The van der Waals surface area contributed by atoms with Crippen molar-refractivity contribution in [1.82, 2.24) is 4.90 Å². The van der Waals surface area contributed by atoms with Crippen LogP contribution >= 0.6 is 0 Å². The monoisotopic (exact) mass is 203 g/mol. The van der Waals surface area contributed by atoms with Crippen LogP contribution in [0, 0.1) is 0 Å². The minimum absolute atomic E-state index is 0.0197. The van der Waals surface area contributed by atoms with Gasteiger partial charge in [0.15, 0.2) is 0 Å². The van der Waals surface area contributed by atoms with Crippen molar-refractivity contribution in [3.63, 3.8) is 0 Å². The Labute approximate surface area is 96.1 Å². The van der Waals surface area contributed by atoms with Crippen LogP contribution in [0.25, 0.3) is 0 Å². The molecule has 0 aromatic heterocycles. The molecule has 15 heavy (non-hydrogen) atoms. The molecule has 1 aliphatic heterocycles. The molecule has 3 nitrogen and oxygen atoms in total. The molecule has 0 N–H and O–H groups in total. The predicted molar refractivity (Wildman–Crippen MR) is 62.4 cm³/mol. The summed E-state index contributed by atoms with van der Waals surface area (Å²) in [5, 5.41) is -1.59. The lowest BCUT2D eigenvalue weighted by Gasteiger charge is -2.38. The Morgan fingerprint density at radius 3 is 2.73 bits per heavy atom. The van der Waals surface area contributed by atoms with Crippen LogP contribution in [0.3, 0.4) is 0 Å². The zero-order valence-electron chi connectivity index (χ0n) is 9.48. The van der Waals surface area contributed by atoms with Gasteiger partial charge in [-0.3, -0.25) is 4.90 Å². The molecule has 0 aliphatic carbocycles. The first kappa shape index (κ1) is 13.1. The largest absolute Gasteiger partial charge is 0.397 e. The molecular formula is C9H16B3NO2. The lowest BCUT2D eigenvalue weighted by molar-refractivity contribution is -0.107. The first-order valence-corrected chi connectivity index (χ1v) is 5.30. The maximum Gasteiger partial charge on any atom is 0.0960 e. The van der Waals surface area contributed by atoms with Gasteiger partial charge in [0.2, 0.25) is 0 Å².